The summed E-state index contributed by atoms with van der Waals surface area (Å²) in [5, 5.41) is 14.1. The van der Waals surface area contributed by atoms with Gasteiger partial charge in [0.1, 0.15) is 6.54 Å². The molecule has 2 heterocycles. The maximum absolute atomic E-state index is 12.1. The standard InChI is InChI=1S/C11H17N5O3/c1-8-3-9(2)5-14(4-8)10(17)6-15-7-12-11(13-15)16(18)19/h7-9H,3-6H2,1-2H3. The summed E-state index contributed by atoms with van der Waals surface area (Å²) in [5.74, 6) is 0.418. The zero-order valence-electron chi connectivity index (χ0n) is 11.0. The number of piperidine rings is 1. The molecule has 1 aliphatic rings. The highest BCUT2D eigenvalue weighted by molar-refractivity contribution is 5.76. The average molecular weight is 267 g/mol. The van der Waals surface area contributed by atoms with Gasteiger partial charge < -0.3 is 15.0 Å². The summed E-state index contributed by atoms with van der Waals surface area (Å²) < 4.78 is 1.21. The molecule has 8 heteroatoms. The predicted molar refractivity (Wildman–Crippen MR) is 66.2 cm³/mol. The molecule has 1 aromatic heterocycles. The molecular formula is C11H17N5O3. The van der Waals surface area contributed by atoms with E-state index >= 15 is 0 Å². The predicted octanol–water partition coefficient (Wildman–Crippen LogP) is 0.691. The van der Waals surface area contributed by atoms with E-state index in [1.54, 1.807) is 4.90 Å². The van der Waals surface area contributed by atoms with E-state index in [4.69, 9.17) is 0 Å². The Morgan fingerprint density at radius 3 is 2.63 bits per heavy atom. The number of carbonyl (C=O) groups is 1. The zero-order valence-corrected chi connectivity index (χ0v) is 11.0. The van der Waals surface area contributed by atoms with Crippen molar-refractivity contribution in [1.82, 2.24) is 19.7 Å². The topological polar surface area (TPSA) is 94.2 Å². The first kappa shape index (κ1) is 13.4. The first-order valence-electron chi connectivity index (χ1n) is 6.27. The number of carbonyl (C=O) groups excluding carboxylic acids is 1. The van der Waals surface area contributed by atoms with Crippen molar-refractivity contribution >= 4 is 11.9 Å². The van der Waals surface area contributed by atoms with Crippen LogP contribution in [-0.2, 0) is 11.3 Å². The van der Waals surface area contributed by atoms with E-state index in [9.17, 15) is 14.9 Å². The highest BCUT2D eigenvalue weighted by Gasteiger charge is 2.26. The largest absolute Gasteiger partial charge is 0.490 e. The quantitative estimate of drug-likeness (QED) is 0.593. The van der Waals surface area contributed by atoms with Gasteiger partial charge in [-0.25, -0.2) is 0 Å². The van der Waals surface area contributed by atoms with E-state index in [1.807, 2.05) is 0 Å². The van der Waals surface area contributed by atoms with E-state index in [1.165, 1.54) is 11.0 Å². The fourth-order valence-corrected chi connectivity index (χ4v) is 2.55. The van der Waals surface area contributed by atoms with E-state index in [0.29, 0.717) is 11.8 Å². The molecule has 104 valence electrons. The SMILES string of the molecule is CC1CC(C)CN(C(=O)Cn2cnc([N+](=O)[O-])n2)C1. The smallest absolute Gasteiger partial charge is 0.390 e. The van der Waals surface area contributed by atoms with E-state index < -0.39 is 10.9 Å². The van der Waals surface area contributed by atoms with Gasteiger partial charge >= 0.3 is 5.95 Å². The molecule has 0 aliphatic carbocycles. The van der Waals surface area contributed by atoms with Gasteiger partial charge in [-0.2, -0.15) is 4.68 Å². The molecule has 0 bridgehead atoms. The van der Waals surface area contributed by atoms with Crippen LogP contribution in [-0.4, -0.2) is 43.6 Å². The monoisotopic (exact) mass is 267 g/mol. The van der Waals surface area contributed by atoms with Crippen LogP contribution in [0, 0.1) is 22.0 Å². The molecule has 2 atom stereocenters. The Kier molecular flexibility index (Phi) is 3.77. The third-order valence-corrected chi connectivity index (χ3v) is 3.21. The molecule has 0 spiro atoms. The Balaban J connectivity index is 1.98. The van der Waals surface area contributed by atoms with E-state index in [2.05, 4.69) is 23.9 Å². The van der Waals surface area contributed by atoms with Crippen LogP contribution >= 0.6 is 0 Å². The third-order valence-electron chi connectivity index (χ3n) is 3.21. The van der Waals surface area contributed by atoms with Crippen LogP contribution in [0.4, 0.5) is 5.95 Å². The molecule has 1 saturated heterocycles. The Bertz CT molecular complexity index is 476. The molecule has 0 radical (unpaired) electrons. The number of hydrogen-bond acceptors (Lipinski definition) is 5. The van der Waals surface area contributed by atoms with E-state index in [0.717, 1.165) is 19.5 Å². The van der Waals surface area contributed by atoms with Gasteiger partial charge in [-0.3, -0.25) is 4.79 Å². The Labute approximate surface area is 110 Å². The van der Waals surface area contributed by atoms with Gasteiger partial charge in [-0.15, -0.1) is 0 Å². The third kappa shape index (κ3) is 3.27. The van der Waals surface area contributed by atoms with Crippen LogP contribution < -0.4 is 0 Å². The van der Waals surface area contributed by atoms with Crippen molar-refractivity contribution in [2.75, 3.05) is 13.1 Å². The highest BCUT2D eigenvalue weighted by Crippen LogP contribution is 2.21. The molecule has 1 fully saturated rings. The van der Waals surface area contributed by atoms with Crippen molar-refractivity contribution < 1.29 is 9.72 Å². The first-order valence-corrected chi connectivity index (χ1v) is 6.27. The molecule has 0 aromatic carbocycles. The van der Waals surface area contributed by atoms with Gasteiger partial charge in [0.15, 0.2) is 0 Å². The van der Waals surface area contributed by atoms with Crippen LogP contribution in [0.3, 0.4) is 0 Å². The van der Waals surface area contributed by atoms with Gasteiger partial charge in [0, 0.05) is 18.2 Å². The van der Waals surface area contributed by atoms with Crippen molar-refractivity contribution in [2.24, 2.45) is 11.8 Å². The molecule has 0 N–H and O–H groups in total. The average Bonchev–Trinajstić information content (AvgIpc) is 2.76. The molecule has 0 saturated carbocycles. The number of aromatic nitrogens is 3. The van der Waals surface area contributed by atoms with Crippen LogP contribution in [0.25, 0.3) is 0 Å². The number of amides is 1. The van der Waals surface area contributed by atoms with Crippen molar-refractivity contribution in [3.05, 3.63) is 16.4 Å². The Morgan fingerprint density at radius 1 is 1.47 bits per heavy atom. The van der Waals surface area contributed by atoms with Crippen molar-refractivity contribution in [3.63, 3.8) is 0 Å². The Hall–Kier alpha value is -1.99. The fourth-order valence-electron chi connectivity index (χ4n) is 2.55. The lowest BCUT2D eigenvalue weighted by Crippen LogP contribution is -2.44. The molecular weight excluding hydrogens is 250 g/mol. The molecule has 2 unspecified atom stereocenters. The van der Waals surface area contributed by atoms with Crippen molar-refractivity contribution in [3.8, 4) is 0 Å². The summed E-state index contributed by atoms with van der Waals surface area (Å²) in [6, 6.07) is 0. The van der Waals surface area contributed by atoms with Crippen LogP contribution in [0.1, 0.15) is 20.3 Å². The molecule has 8 nitrogen and oxygen atoms in total. The second kappa shape index (κ2) is 5.33. The normalized spacial score (nSPS) is 23.4. The highest BCUT2D eigenvalue weighted by atomic mass is 16.6. The molecule has 19 heavy (non-hydrogen) atoms. The van der Waals surface area contributed by atoms with Gasteiger partial charge in [0.05, 0.1) is 0 Å². The maximum Gasteiger partial charge on any atom is 0.490 e. The summed E-state index contributed by atoms with van der Waals surface area (Å²) in [4.78, 5) is 27.2. The minimum absolute atomic E-state index is 0.000278. The van der Waals surface area contributed by atoms with Gasteiger partial charge in [0.25, 0.3) is 0 Å². The van der Waals surface area contributed by atoms with Gasteiger partial charge in [-0.1, -0.05) is 18.8 Å². The minimum Gasteiger partial charge on any atom is -0.390 e. The number of rotatable bonds is 3. The van der Waals surface area contributed by atoms with Crippen LogP contribution in [0.5, 0.6) is 0 Å². The van der Waals surface area contributed by atoms with Gasteiger partial charge in [-0.05, 0) is 23.2 Å². The van der Waals surface area contributed by atoms with Crippen LogP contribution in [0.2, 0.25) is 0 Å². The Morgan fingerprint density at radius 2 is 2.11 bits per heavy atom. The summed E-state index contributed by atoms with van der Waals surface area (Å²) in [7, 11) is 0. The molecule has 2 rings (SSSR count). The first-order chi connectivity index (χ1) is 8.95. The van der Waals surface area contributed by atoms with Crippen LogP contribution in [0.15, 0.2) is 6.33 Å². The second-order valence-electron chi connectivity index (χ2n) is 5.24. The second-order valence-corrected chi connectivity index (χ2v) is 5.24. The van der Waals surface area contributed by atoms with Gasteiger partial charge in [0.2, 0.25) is 12.2 Å². The van der Waals surface area contributed by atoms with Crippen molar-refractivity contribution in [2.45, 2.75) is 26.8 Å². The fraction of sp³-hybridized carbons (Fsp3) is 0.727. The summed E-state index contributed by atoms with van der Waals surface area (Å²) in [6.45, 7) is 5.71. The van der Waals surface area contributed by atoms with Crippen molar-refractivity contribution in [1.29, 1.82) is 0 Å². The summed E-state index contributed by atoms with van der Waals surface area (Å²) in [5.41, 5.74) is 0. The van der Waals surface area contributed by atoms with E-state index in [-0.39, 0.29) is 12.5 Å². The number of nitro groups is 1. The summed E-state index contributed by atoms with van der Waals surface area (Å²) in [6.07, 6.45) is 2.34. The number of hydrogen-bond donors (Lipinski definition) is 0. The number of likely N-dealkylation sites (tertiary alicyclic amines) is 1. The lowest BCUT2D eigenvalue weighted by molar-refractivity contribution is -0.394. The zero-order chi connectivity index (χ0) is 14.0. The molecule has 1 aromatic rings. The molecule has 1 aliphatic heterocycles. The summed E-state index contributed by atoms with van der Waals surface area (Å²) >= 11 is 0. The lowest BCUT2D eigenvalue weighted by atomic mass is 9.92. The lowest BCUT2D eigenvalue weighted by Gasteiger charge is -2.34. The number of nitrogens with zero attached hydrogens (tertiary/aromatic N) is 5. The maximum atomic E-state index is 12.1. The minimum atomic E-state index is -0.675. The molecule has 1 amide bonds.